The Morgan fingerprint density at radius 1 is 1.73 bits per heavy atom. The molecular formula is C6H8BIN2O. The predicted molar refractivity (Wildman–Crippen MR) is 54.4 cm³/mol. The number of hydrogen-bond donors (Lipinski definition) is 2. The topological polar surface area (TPSA) is 45.1 Å². The summed E-state index contributed by atoms with van der Waals surface area (Å²) in [4.78, 5) is 3.92. The van der Waals surface area contributed by atoms with E-state index in [1.54, 1.807) is 19.2 Å². The van der Waals surface area contributed by atoms with Crippen molar-refractivity contribution in [1.82, 2.24) is 4.98 Å². The maximum Gasteiger partial charge on any atom is 0.406 e. The van der Waals surface area contributed by atoms with E-state index in [-0.39, 0.29) is 0 Å². The zero-order valence-corrected chi connectivity index (χ0v) is 8.24. The Morgan fingerprint density at radius 3 is 3.00 bits per heavy atom. The van der Waals surface area contributed by atoms with Crippen LogP contribution in [0.4, 0.5) is 5.69 Å². The highest BCUT2D eigenvalue weighted by atomic mass is 127. The standard InChI is InChI=1S/C6H8BIN2O/c1-7(11)10-6-2-3-9-4-5(6)8/h2-4,11H,1H3,(H,9,10). The number of rotatable bonds is 2. The van der Waals surface area contributed by atoms with E-state index in [1.165, 1.54) is 0 Å². The van der Waals surface area contributed by atoms with Crippen LogP contribution in [0.15, 0.2) is 18.5 Å². The summed E-state index contributed by atoms with van der Waals surface area (Å²) in [6.45, 7) is 1.68. The van der Waals surface area contributed by atoms with Crippen LogP contribution in [0.3, 0.4) is 0 Å². The first-order valence-corrected chi connectivity index (χ1v) is 4.32. The van der Waals surface area contributed by atoms with Crippen LogP contribution >= 0.6 is 22.6 Å². The lowest BCUT2D eigenvalue weighted by molar-refractivity contribution is 0.587. The van der Waals surface area contributed by atoms with E-state index < -0.39 is 7.05 Å². The van der Waals surface area contributed by atoms with Crippen LogP contribution in [0.2, 0.25) is 6.82 Å². The molecule has 0 aliphatic rings. The molecule has 0 amide bonds. The zero-order chi connectivity index (χ0) is 8.27. The third kappa shape index (κ3) is 2.66. The molecule has 11 heavy (non-hydrogen) atoms. The minimum absolute atomic E-state index is 0.522. The smallest absolute Gasteiger partial charge is 0.406 e. The quantitative estimate of drug-likeness (QED) is 0.621. The fourth-order valence-corrected chi connectivity index (χ4v) is 1.21. The maximum absolute atomic E-state index is 9.00. The van der Waals surface area contributed by atoms with Crippen LogP contribution in [-0.4, -0.2) is 17.1 Å². The van der Waals surface area contributed by atoms with Crippen LogP contribution in [0.25, 0.3) is 0 Å². The Kier molecular flexibility index (Phi) is 3.13. The lowest BCUT2D eigenvalue weighted by Gasteiger charge is -2.06. The molecule has 1 rings (SSSR count). The molecule has 1 heterocycles. The molecule has 0 saturated carbocycles. The van der Waals surface area contributed by atoms with Crippen LogP contribution in [0.1, 0.15) is 0 Å². The number of nitrogens with zero attached hydrogens (tertiary/aromatic N) is 1. The molecule has 0 spiro atoms. The van der Waals surface area contributed by atoms with Crippen molar-refractivity contribution in [3.8, 4) is 0 Å². The van der Waals surface area contributed by atoms with Crippen molar-refractivity contribution in [3.05, 3.63) is 22.0 Å². The molecule has 0 aromatic carbocycles. The number of nitrogens with one attached hydrogen (secondary N) is 1. The minimum Gasteiger partial charge on any atom is -0.433 e. The molecule has 0 bridgehead atoms. The van der Waals surface area contributed by atoms with E-state index in [4.69, 9.17) is 5.02 Å². The number of hydrogen-bond acceptors (Lipinski definition) is 3. The van der Waals surface area contributed by atoms with Gasteiger partial charge in [-0.2, -0.15) is 0 Å². The largest absolute Gasteiger partial charge is 0.433 e. The van der Waals surface area contributed by atoms with Crippen LogP contribution < -0.4 is 5.23 Å². The van der Waals surface area contributed by atoms with Crippen molar-refractivity contribution in [2.75, 3.05) is 5.23 Å². The summed E-state index contributed by atoms with van der Waals surface area (Å²) >= 11 is 2.16. The molecule has 0 unspecified atom stereocenters. The molecule has 3 nitrogen and oxygen atoms in total. The number of aromatic nitrogens is 1. The minimum atomic E-state index is -0.522. The third-order valence-electron chi connectivity index (χ3n) is 1.14. The van der Waals surface area contributed by atoms with E-state index in [9.17, 15) is 0 Å². The summed E-state index contributed by atoms with van der Waals surface area (Å²) in [6, 6.07) is 1.83. The summed E-state index contributed by atoms with van der Waals surface area (Å²) in [5, 5.41) is 11.9. The Hall–Kier alpha value is -0.295. The van der Waals surface area contributed by atoms with Gasteiger partial charge in [0, 0.05) is 18.1 Å². The molecule has 58 valence electrons. The first kappa shape index (κ1) is 8.80. The summed E-state index contributed by atoms with van der Waals surface area (Å²) in [5.41, 5.74) is 0.913. The fourth-order valence-electron chi connectivity index (χ4n) is 0.717. The van der Waals surface area contributed by atoms with Gasteiger partial charge in [-0.25, -0.2) is 0 Å². The Labute approximate surface area is 79.5 Å². The van der Waals surface area contributed by atoms with Gasteiger partial charge in [-0.1, -0.05) is 0 Å². The SMILES string of the molecule is CB(O)Nc1ccncc1I. The highest BCUT2D eigenvalue weighted by Gasteiger charge is 2.04. The van der Waals surface area contributed by atoms with Crippen molar-refractivity contribution in [2.45, 2.75) is 6.82 Å². The molecule has 0 saturated heterocycles. The normalized spacial score (nSPS) is 9.36. The molecule has 2 N–H and O–H groups in total. The van der Waals surface area contributed by atoms with Gasteiger partial charge >= 0.3 is 7.05 Å². The Balaban J connectivity index is 2.78. The number of anilines is 1. The fraction of sp³-hybridized carbons (Fsp3) is 0.167. The van der Waals surface area contributed by atoms with Gasteiger partial charge in [0.25, 0.3) is 0 Å². The van der Waals surface area contributed by atoms with Gasteiger partial charge < -0.3 is 10.3 Å². The first-order valence-electron chi connectivity index (χ1n) is 3.24. The van der Waals surface area contributed by atoms with Gasteiger partial charge in [0.1, 0.15) is 0 Å². The molecule has 0 atom stereocenters. The lowest BCUT2D eigenvalue weighted by atomic mass is 9.88. The second-order valence-corrected chi connectivity index (χ2v) is 3.34. The molecule has 0 fully saturated rings. The molecule has 0 radical (unpaired) electrons. The van der Waals surface area contributed by atoms with Crippen LogP contribution in [0, 0.1) is 3.57 Å². The number of pyridine rings is 1. The third-order valence-corrected chi connectivity index (χ3v) is 2.00. The van der Waals surface area contributed by atoms with Crippen LogP contribution in [-0.2, 0) is 0 Å². The van der Waals surface area contributed by atoms with Gasteiger partial charge in [0.15, 0.2) is 0 Å². The van der Waals surface area contributed by atoms with Gasteiger partial charge in [0.2, 0.25) is 0 Å². The highest BCUT2D eigenvalue weighted by molar-refractivity contribution is 14.1. The van der Waals surface area contributed by atoms with Crippen molar-refractivity contribution >= 4 is 35.3 Å². The molecule has 1 aromatic rings. The first-order chi connectivity index (χ1) is 5.20. The van der Waals surface area contributed by atoms with E-state index in [1.807, 2.05) is 6.07 Å². The van der Waals surface area contributed by atoms with E-state index in [0.717, 1.165) is 9.26 Å². The maximum atomic E-state index is 9.00. The van der Waals surface area contributed by atoms with Crippen molar-refractivity contribution in [2.24, 2.45) is 0 Å². The summed E-state index contributed by atoms with van der Waals surface area (Å²) in [7, 11) is -0.522. The Morgan fingerprint density at radius 2 is 2.45 bits per heavy atom. The average molecular weight is 262 g/mol. The van der Waals surface area contributed by atoms with Gasteiger partial charge in [0.05, 0.1) is 3.57 Å². The van der Waals surface area contributed by atoms with Crippen molar-refractivity contribution in [1.29, 1.82) is 0 Å². The average Bonchev–Trinajstić information content (AvgIpc) is 1.93. The van der Waals surface area contributed by atoms with E-state index >= 15 is 0 Å². The lowest BCUT2D eigenvalue weighted by Crippen LogP contribution is -2.20. The number of halogens is 1. The highest BCUT2D eigenvalue weighted by Crippen LogP contribution is 2.15. The molecule has 5 heteroatoms. The van der Waals surface area contributed by atoms with Gasteiger partial charge in [-0.3, -0.25) is 4.98 Å². The summed E-state index contributed by atoms with van der Waals surface area (Å²) < 4.78 is 1.01. The second-order valence-electron chi connectivity index (χ2n) is 2.18. The van der Waals surface area contributed by atoms with E-state index in [0.29, 0.717) is 0 Å². The second kappa shape index (κ2) is 3.92. The zero-order valence-electron chi connectivity index (χ0n) is 6.08. The van der Waals surface area contributed by atoms with Gasteiger partial charge in [-0.15, -0.1) is 0 Å². The Bertz CT molecular complexity index is 244. The van der Waals surface area contributed by atoms with Crippen molar-refractivity contribution < 1.29 is 5.02 Å². The summed E-state index contributed by atoms with van der Waals surface area (Å²) in [5.74, 6) is 0. The molecule has 1 aromatic heterocycles. The molecule has 0 aliphatic heterocycles. The molecular weight excluding hydrogens is 254 g/mol. The van der Waals surface area contributed by atoms with Crippen molar-refractivity contribution in [3.63, 3.8) is 0 Å². The molecule has 0 aliphatic carbocycles. The summed E-state index contributed by atoms with van der Waals surface area (Å²) in [6.07, 6.45) is 3.43. The predicted octanol–water partition coefficient (Wildman–Crippen LogP) is 1.21. The van der Waals surface area contributed by atoms with Gasteiger partial charge in [-0.05, 0) is 35.5 Å². The monoisotopic (exact) mass is 262 g/mol. The van der Waals surface area contributed by atoms with E-state index in [2.05, 4.69) is 32.8 Å². The van der Waals surface area contributed by atoms with Crippen LogP contribution in [0.5, 0.6) is 0 Å².